The summed E-state index contributed by atoms with van der Waals surface area (Å²) in [5.74, 6) is -0.276. The number of carbonyl (C=O) groups excluding carboxylic acids is 1. The number of carbonyl (C=O) groups is 1. The van der Waals surface area contributed by atoms with Crippen LogP contribution in [0.25, 0.3) is 0 Å². The molecule has 2 aromatic carbocycles. The van der Waals surface area contributed by atoms with E-state index in [-0.39, 0.29) is 5.91 Å². The molecule has 0 aromatic heterocycles. The van der Waals surface area contributed by atoms with Gasteiger partial charge in [0.2, 0.25) is 0 Å². The predicted molar refractivity (Wildman–Crippen MR) is 89.6 cm³/mol. The van der Waals surface area contributed by atoms with Gasteiger partial charge in [0.1, 0.15) is 0 Å². The number of amides is 1. The van der Waals surface area contributed by atoms with Crippen molar-refractivity contribution in [3.05, 3.63) is 52.0 Å². The standard InChI is InChI=1S/C15H15Cl2N3O/c1-20(2)14-6-4-10(18)8-13(14)19-15(21)9-3-5-11(16)12(17)7-9/h3-8H,18H2,1-2H3,(H,19,21). The Hall–Kier alpha value is -1.91. The molecule has 0 heterocycles. The van der Waals surface area contributed by atoms with Crippen molar-refractivity contribution < 1.29 is 4.79 Å². The summed E-state index contributed by atoms with van der Waals surface area (Å²) < 4.78 is 0. The molecule has 0 fully saturated rings. The van der Waals surface area contributed by atoms with Crippen LogP contribution in [0.3, 0.4) is 0 Å². The molecule has 0 aliphatic carbocycles. The van der Waals surface area contributed by atoms with Gasteiger partial charge < -0.3 is 16.0 Å². The number of nitrogen functional groups attached to an aromatic ring is 1. The molecule has 3 N–H and O–H groups in total. The number of benzene rings is 2. The Kier molecular flexibility index (Phi) is 4.60. The minimum absolute atomic E-state index is 0.276. The fraction of sp³-hybridized carbons (Fsp3) is 0.133. The van der Waals surface area contributed by atoms with Crippen LogP contribution in [0.1, 0.15) is 10.4 Å². The van der Waals surface area contributed by atoms with Gasteiger partial charge in [0.15, 0.2) is 0 Å². The molecule has 0 spiro atoms. The molecular formula is C15H15Cl2N3O. The van der Waals surface area contributed by atoms with E-state index in [9.17, 15) is 4.79 Å². The van der Waals surface area contributed by atoms with Crippen LogP contribution in [0.4, 0.5) is 17.1 Å². The number of nitrogens with one attached hydrogen (secondary N) is 1. The van der Waals surface area contributed by atoms with Gasteiger partial charge in [-0.3, -0.25) is 4.79 Å². The number of hydrogen-bond donors (Lipinski definition) is 2. The first-order valence-electron chi connectivity index (χ1n) is 6.21. The lowest BCUT2D eigenvalue weighted by molar-refractivity contribution is 0.102. The molecular weight excluding hydrogens is 309 g/mol. The van der Waals surface area contributed by atoms with Gasteiger partial charge >= 0.3 is 0 Å². The van der Waals surface area contributed by atoms with Crippen molar-refractivity contribution in [2.45, 2.75) is 0 Å². The van der Waals surface area contributed by atoms with E-state index in [1.165, 1.54) is 6.07 Å². The topological polar surface area (TPSA) is 58.4 Å². The maximum atomic E-state index is 12.3. The minimum Gasteiger partial charge on any atom is -0.399 e. The van der Waals surface area contributed by atoms with Crippen LogP contribution in [-0.2, 0) is 0 Å². The van der Waals surface area contributed by atoms with E-state index in [1.807, 2.05) is 25.1 Å². The highest BCUT2D eigenvalue weighted by Gasteiger charge is 2.12. The Morgan fingerprint density at radius 2 is 1.81 bits per heavy atom. The van der Waals surface area contributed by atoms with Gasteiger partial charge in [-0.2, -0.15) is 0 Å². The van der Waals surface area contributed by atoms with Gasteiger partial charge in [-0.05, 0) is 36.4 Å². The average molecular weight is 324 g/mol. The van der Waals surface area contributed by atoms with Gasteiger partial charge in [0, 0.05) is 25.3 Å². The Morgan fingerprint density at radius 3 is 2.43 bits per heavy atom. The fourth-order valence-corrected chi connectivity index (χ4v) is 2.17. The summed E-state index contributed by atoms with van der Waals surface area (Å²) in [6, 6.07) is 10.1. The molecule has 0 saturated heterocycles. The highest BCUT2D eigenvalue weighted by Crippen LogP contribution is 2.28. The zero-order valence-corrected chi connectivity index (χ0v) is 13.2. The summed E-state index contributed by atoms with van der Waals surface area (Å²) in [4.78, 5) is 14.2. The van der Waals surface area contributed by atoms with E-state index in [2.05, 4.69) is 5.32 Å². The quantitative estimate of drug-likeness (QED) is 0.842. The van der Waals surface area contributed by atoms with Gasteiger partial charge in [0.05, 0.1) is 21.4 Å². The summed E-state index contributed by atoms with van der Waals surface area (Å²) >= 11 is 11.8. The second kappa shape index (κ2) is 6.24. The number of rotatable bonds is 3. The molecule has 0 bridgehead atoms. The van der Waals surface area contributed by atoms with Crippen molar-refractivity contribution in [2.24, 2.45) is 0 Å². The minimum atomic E-state index is -0.276. The monoisotopic (exact) mass is 323 g/mol. The highest BCUT2D eigenvalue weighted by molar-refractivity contribution is 6.42. The second-order valence-corrected chi connectivity index (χ2v) is 5.57. The van der Waals surface area contributed by atoms with Crippen LogP contribution in [0.15, 0.2) is 36.4 Å². The SMILES string of the molecule is CN(C)c1ccc(N)cc1NC(=O)c1ccc(Cl)c(Cl)c1. The molecule has 6 heteroatoms. The molecule has 0 atom stereocenters. The van der Waals surface area contributed by atoms with E-state index < -0.39 is 0 Å². The highest BCUT2D eigenvalue weighted by atomic mass is 35.5. The number of halogens is 2. The fourth-order valence-electron chi connectivity index (χ4n) is 1.88. The molecule has 0 saturated carbocycles. The Morgan fingerprint density at radius 1 is 1.10 bits per heavy atom. The third-order valence-electron chi connectivity index (χ3n) is 2.93. The van der Waals surface area contributed by atoms with Crippen LogP contribution in [0.5, 0.6) is 0 Å². The number of nitrogens with two attached hydrogens (primary N) is 1. The predicted octanol–water partition coefficient (Wildman–Crippen LogP) is 3.89. The third kappa shape index (κ3) is 3.60. The lowest BCUT2D eigenvalue weighted by Gasteiger charge is -2.18. The lowest BCUT2D eigenvalue weighted by Crippen LogP contribution is -2.17. The smallest absolute Gasteiger partial charge is 0.255 e. The molecule has 0 aliphatic rings. The van der Waals surface area contributed by atoms with Crippen molar-refractivity contribution >= 4 is 46.2 Å². The molecule has 21 heavy (non-hydrogen) atoms. The molecule has 4 nitrogen and oxygen atoms in total. The molecule has 1 amide bonds. The molecule has 0 aliphatic heterocycles. The van der Waals surface area contributed by atoms with E-state index in [4.69, 9.17) is 28.9 Å². The zero-order chi connectivity index (χ0) is 15.6. The van der Waals surface area contributed by atoms with Gasteiger partial charge in [-0.15, -0.1) is 0 Å². The molecule has 2 aromatic rings. The van der Waals surface area contributed by atoms with Gasteiger partial charge in [-0.1, -0.05) is 23.2 Å². The summed E-state index contributed by atoms with van der Waals surface area (Å²) in [7, 11) is 3.78. The van der Waals surface area contributed by atoms with Crippen molar-refractivity contribution in [2.75, 3.05) is 30.0 Å². The van der Waals surface area contributed by atoms with Crippen LogP contribution in [-0.4, -0.2) is 20.0 Å². The summed E-state index contributed by atoms with van der Waals surface area (Å²) in [6.45, 7) is 0. The van der Waals surface area contributed by atoms with Crippen molar-refractivity contribution in [1.29, 1.82) is 0 Å². The van der Waals surface area contributed by atoms with E-state index in [0.717, 1.165) is 5.69 Å². The van der Waals surface area contributed by atoms with Crippen molar-refractivity contribution in [3.63, 3.8) is 0 Å². The average Bonchev–Trinajstić information content (AvgIpc) is 2.41. The third-order valence-corrected chi connectivity index (χ3v) is 3.67. The first kappa shape index (κ1) is 15.5. The largest absolute Gasteiger partial charge is 0.399 e. The van der Waals surface area contributed by atoms with Crippen LogP contribution in [0.2, 0.25) is 10.0 Å². The molecule has 0 radical (unpaired) electrons. The lowest BCUT2D eigenvalue weighted by atomic mass is 10.2. The molecule has 2 rings (SSSR count). The summed E-state index contributed by atoms with van der Waals surface area (Å²) in [5, 5.41) is 3.58. The number of hydrogen-bond acceptors (Lipinski definition) is 3. The van der Waals surface area contributed by atoms with Crippen LogP contribution in [0, 0.1) is 0 Å². The zero-order valence-electron chi connectivity index (χ0n) is 11.7. The summed E-state index contributed by atoms with van der Waals surface area (Å²) in [6.07, 6.45) is 0. The number of anilines is 3. The number of nitrogens with zero attached hydrogens (tertiary/aromatic N) is 1. The Labute approximate surface area is 133 Å². The van der Waals surface area contributed by atoms with Gasteiger partial charge in [-0.25, -0.2) is 0 Å². The first-order chi connectivity index (χ1) is 9.88. The Bertz CT molecular complexity index is 687. The van der Waals surface area contributed by atoms with Crippen molar-refractivity contribution in [3.8, 4) is 0 Å². The maximum Gasteiger partial charge on any atom is 0.255 e. The molecule has 110 valence electrons. The Balaban J connectivity index is 2.30. The van der Waals surface area contributed by atoms with Crippen molar-refractivity contribution in [1.82, 2.24) is 0 Å². The maximum absolute atomic E-state index is 12.3. The molecule has 0 unspecified atom stereocenters. The van der Waals surface area contributed by atoms with E-state index in [1.54, 1.807) is 24.3 Å². The van der Waals surface area contributed by atoms with Crippen LogP contribution >= 0.6 is 23.2 Å². The van der Waals surface area contributed by atoms with Gasteiger partial charge in [0.25, 0.3) is 5.91 Å². The summed E-state index contributed by atoms with van der Waals surface area (Å²) in [5.41, 5.74) is 8.27. The first-order valence-corrected chi connectivity index (χ1v) is 6.97. The normalized spacial score (nSPS) is 10.3. The van der Waals surface area contributed by atoms with E-state index in [0.29, 0.717) is 27.0 Å². The van der Waals surface area contributed by atoms with E-state index >= 15 is 0 Å². The van der Waals surface area contributed by atoms with Crippen LogP contribution < -0.4 is 16.0 Å². The second-order valence-electron chi connectivity index (χ2n) is 4.75.